The summed E-state index contributed by atoms with van der Waals surface area (Å²) in [5.41, 5.74) is 0.0317. The number of aliphatic hydroxyl groups excluding tert-OH is 2. The Morgan fingerprint density at radius 1 is 1.33 bits per heavy atom. The fraction of sp³-hybridized carbons (Fsp3) is 0.500. The molecule has 100 valence electrons. The number of hydrogen-bond acceptors (Lipinski definition) is 5. The van der Waals surface area contributed by atoms with Crippen LogP contribution in [0.1, 0.15) is 12.5 Å². The molecule has 0 saturated carbocycles. The van der Waals surface area contributed by atoms with Gasteiger partial charge in [0.2, 0.25) is 0 Å². The van der Waals surface area contributed by atoms with E-state index in [2.05, 4.69) is 5.32 Å². The number of nitrogens with one attached hydrogen (secondary N) is 1. The van der Waals surface area contributed by atoms with Crippen molar-refractivity contribution < 1.29 is 15.1 Å². The van der Waals surface area contributed by atoms with Gasteiger partial charge in [-0.25, -0.2) is 0 Å². The number of nitro benzene ring substituents is 1. The van der Waals surface area contributed by atoms with Gasteiger partial charge in [-0.05, 0) is 0 Å². The Morgan fingerprint density at radius 3 is 2.50 bits per heavy atom. The molecular weight excluding hydrogens is 236 g/mol. The molecule has 1 rings (SSSR count). The lowest BCUT2D eigenvalue weighted by atomic mass is 9.93. The molecule has 0 aromatic heterocycles. The van der Waals surface area contributed by atoms with Gasteiger partial charge in [0.15, 0.2) is 0 Å². The summed E-state index contributed by atoms with van der Waals surface area (Å²) in [6.45, 7) is 2.15. The van der Waals surface area contributed by atoms with E-state index in [9.17, 15) is 10.1 Å². The van der Waals surface area contributed by atoms with Crippen molar-refractivity contribution in [2.45, 2.75) is 13.5 Å². The maximum absolute atomic E-state index is 10.8. The molecular formula is C12H18N2O4. The lowest BCUT2D eigenvalue weighted by Gasteiger charge is -2.24. The van der Waals surface area contributed by atoms with Crippen molar-refractivity contribution >= 4 is 5.69 Å². The van der Waals surface area contributed by atoms with Crippen LogP contribution in [0.3, 0.4) is 0 Å². The lowest BCUT2D eigenvalue weighted by molar-refractivity contribution is -0.385. The molecule has 0 fully saturated rings. The van der Waals surface area contributed by atoms with Crippen molar-refractivity contribution in [3.63, 3.8) is 0 Å². The first-order valence-electron chi connectivity index (χ1n) is 5.67. The maximum Gasteiger partial charge on any atom is 0.273 e. The van der Waals surface area contributed by atoms with Crippen molar-refractivity contribution in [1.82, 2.24) is 5.32 Å². The van der Waals surface area contributed by atoms with Crippen LogP contribution in [-0.2, 0) is 6.54 Å². The van der Waals surface area contributed by atoms with Crippen LogP contribution in [0.5, 0.6) is 0 Å². The van der Waals surface area contributed by atoms with Crippen molar-refractivity contribution in [3.05, 3.63) is 39.9 Å². The second-order valence-corrected chi connectivity index (χ2v) is 4.62. The van der Waals surface area contributed by atoms with Gasteiger partial charge in [-0.15, -0.1) is 0 Å². The molecule has 18 heavy (non-hydrogen) atoms. The Balaban J connectivity index is 2.62. The summed E-state index contributed by atoms with van der Waals surface area (Å²) >= 11 is 0. The predicted octanol–water partition coefficient (Wildman–Crippen LogP) is 0.675. The van der Waals surface area contributed by atoms with Crippen molar-refractivity contribution in [2.24, 2.45) is 5.41 Å². The summed E-state index contributed by atoms with van der Waals surface area (Å²) < 4.78 is 0. The third-order valence-electron chi connectivity index (χ3n) is 2.82. The molecule has 0 heterocycles. The van der Waals surface area contributed by atoms with Crippen LogP contribution in [-0.4, -0.2) is 34.9 Å². The van der Waals surface area contributed by atoms with Crippen LogP contribution >= 0.6 is 0 Å². The van der Waals surface area contributed by atoms with E-state index in [1.807, 2.05) is 0 Å². The summed E-state index contributed by atoms with van der Waals surface area (Å²) in [5, 5.41) is 32.0. The first kappa shape index (κ1) is 14.6. The number of rotatable bonds is 7. The van der Waals surface area contributed by atoms with Crippen molar-refractivity contribution in [1.29, 1.82) is 0 Å². The second-order valence-electron chi connectivity index (χ2n) is 4.62. The topological polar surface area (TPSA) is 95.6 Å². The summed E-state index contributed by atoms with van der Waals surface area (Å²) in [4.78, 5) is 10.4. The molecule has 0 aliphatic carbocycles. The third-order valence-corrected chi connectivity index (χ3v) is 2.82. The molecule has 0 unspecified atom stereocenters. The van der Waals surface area contributed by atoms with Gasteiger partial charge in [0.1, 0.15) is 0 Å². The quantitative estimate of drug-likeness (QED) is 0.491. The molecule has 0 amide bonds. The number of nitrogens with zero attached hydrogens (tertiary/aromatic N) is 1. The SMILES string of the molecule is CC(CO)(CO)CNCc1ccccc1[N+](=O)[O-]. The van der Waals surface area contributed by atoms with Gasteiger partial charge in [0.25, 0.3) is 5.69 Å². The minimum atomic E-state index is -0.621. The zero-order valence-corrected chi connectivity index (χ0v) is 10.3. The van der Waals surface area contributed by atoms with Gasteiger partial charge < -0.3 is 15.5 Å². The molecule has 0 saturated heterocycles. The maximum atomic E-state index is 10.8. The first-order valence-corrected chi connectivity index (χ1v) is 5.67. The average Bonchev–Trinajstić information content (AvgIpc) is 2.39. The average molecular weight is 254 g/mol. The number of aliphatic hydroxyl groups is 2. The predicted molar refractivity (Wildman–Crippen MR) is 67.1 cm³/mol. The van der Waals surface area contributed by atoms with Gasteiger partial charge in [-0.3, -0.25) is 10.1 Å². The Bertz CT molecular complexity index is 405. The van der Waals surface area contributed by atoms with Crippen LogP contribution in [0, 0.1) is 15.5 Å². The normalized spacial score (nSPS) is 11.5. The fourth-order valence-corrected chi connectivity index (χ4v) is 1.50. The van der Waals surface area contributed by atoms with E-state index in [4.69, 9.17) is 10.2 Å². The minimum Gasteiger partial charge on any atom is -0.396 e. The minimum absolute atomic E-state index is 0.0692. The molecule has 0 atom stereocenters. The summed E-state index contributed by atoms with van der Waals surface area (Å²) in [7, 11) is 0. The molecule has 0 aliphatic heterocycles. The number of benzene rings is 1. The van der Waals surface area contributed by atoms with E-state index in [1.165, 1.54) is 6.07 Å². The van der Waals surface area contributed by atoms with E-state index < -0.39 is 10.3 Å². The molecule has 1 aromatic carbocycles. The zero-order chi connectivity index (χ0) is 13.6. The molecule has 0 aliphatic rings. The molecule has 3 N–H and O–H groups in total. The number of para-hydroxylation sites is 1. The Kier molecular flexibility index (Phi) is 5.21. The van der Waals surface area contributed by atoms with Crippen LogP contribution in [0.25, 0.3) is 0 Å². The van der Waals surface area contributed by atoms with E-state index >= 15 is 0 Å². The fourth-order valence-electron chi connectivity index (χ4n) is 1.50. The third kappa shape index (κ3) is 3.76. The molecule has 0 spiro atoms. The van der Waals surface area contributed by atoms with Gasteiger partial charge in [-0.1, -0.05) is 25.1 Å². The monoisotopic (exact) mass is 254 g/mol. The highest BCUT2D eigenvalue weighted by atomic mass is 16.6. The van der Waals surface area contributed by atoms with E-state index in [0.29, 0.717) is 18.7 Å². The zero-order valence-electron chi connectivity index (χ0n) is 10.3. The molecule has 1 aromatic rings. The Hall–Kier alpha value is -1.50. The number of nitro groups is 1. The second kappa shape index (κ2) is 6.44. The van der Waals surface area contributed by atoms with Gasteiger partial charge in [0.05, 0.1) is 18.1 Å². The Morgan fingerprint density at radius 2 is 1.94 bits per heavy atom. The number of hydrogen-bond donors (Lipinski definition) is 3. The molecule has 6 heteroatoms. The highest BCUT2D eigenvalue weighted by Gasteiger charge is 2.22. The van der Waals surface area contributed by atoms with Gasteiger partial charge in [0, 0.05) is 30.1 Å². The highest BCUT2D eigenvalue weighted by Crippen LogP contribution is 2.18. The standard InChI is InChI=1S/C12H18N2O4/c1-12(8-15,9-16)7-13-6-10-4-2-3-5-11(10)14(17)18/h2-5,13,15-16H,6-9H2,1H3. The highest BCUT2D eigenvalue weighted by molar-refractivity contribution is 5.39. The van der Waals surface area contributed by atoms with Crippen LogP contribution in [0.2, 0.25) is 0 Å². The van der Waals surface area contributed by atoms with Crippen molar-refractivity contribution in [3.8, 4) is 0 Å². The Labute approximate surface area is 105 Å². The van der Waals surface area contributed by atoms with Gasteiger partial charge in [-0.2, -0.15) is 0 Å². The lowest BCUT2D eigenvalue weighted by Crippen LogP contribution is -2.37. The molecule has 0 radical (unpaired) electrons. The first-order chi connectivity index (χ1) is 8.52. The smallest absolute Gasteiger partial charge is 0.273 e. The van der Waals surface area contributed by atoms with Crippen LogP contribution in [0.4, 0.5) is 5.69 Å². The van der Waals surface area contributed by atoms with E-state index in [1.54, 1.807) is 25.1 Å². The van der Waals surface area contributed by atoms with Crippen LogP contribution in [0.15, 0.2) is 24.3 Å². The summed E-state index contributed by atoms with van der Waals surface area (Å²) in [5.74, 6) is 0. The van der Waals surface area contributed by atoms with Crippen LogP contribution < -0.4 is 5.32 Å². The molecule has 6 nitrogen and oxygen atoms in total. The van der Waals surface area contributed by atoms with E-state index in [-0.39, 0.29) is 18.9 Å². The summed E-state index contributed by atoms with van der Waals surface area (Å²) in [6, 6.07) is 6.49. The molecule has 0 bridgehead atoms. The van der Waals surface area contributed by atoms with Crippen molar-refractivity contribution in [2.75, 3.05) is 19.8 Å². The van der Waals surface area contributed by atoms with E-state index in [0.717, 1.165) is 0 Å². The summed E-state index contributed by atoms with van der Waals surface area (Å²) in [6.07, 6.45) is 0. The largest absolute Gasteiger partial charge is 0.396 e. The van der Waals surface area contributed by atoms with Gasteiger partial charge >= 0.3 is 0 Å².